The topological polar surface area (TPSA) is 112 Å². The van der Waals surface area contributed by atoms with Gasteiger partial charge in [0.2, 0.25) is 0 Å². The molecule has 9 nitrogen and oxygen atoms in total. The number of benzene rings is 1. The van der Waals surface area contributed by atoms with Crippen molar-refractivity contribution in [2.24, 2.45) is 0 Å². The van der Waals surface area contributed by atoms with E-state index in [-0.39, 0.29) is 17.7 Å². The van der Waals surface area contributed by atoms with Crippen molar-refractivity contribution in [1.82, 2.24) is 24.1 Å². The largest absolute Gasteiger partial charge is 0.480 e. The molecule has 0 spiro atoms. The van der Waals surface area contributed by atoms with E-state index in [1.165, 1.54) is 59.1 Å². The summed E-state index contributed by atoms with van der Waals surface area (Å²) in [5, 5.41) is 18.8. The molecule has 11 heteroatoms. The standard InChI is InChI=1S/C23H24FN5O4S/c1-5-14-6-7-16(24)12-15(14)8-11-27-20-17(13(2)19(34-20)29-25-9-10-26-29)18(30)28(22(27)33)23(3,4)21(31)32/h6-7,9-10,12H,5,8,11H2,1-4H3,(H,31,32). The van der Waals surface area contributed by atoms with Crippen molar-refractivity contribution >= 4 is 27.5 Å². The van der Waals surface area contributed by atoms with E-state index in [1.807, 2.05) is 6.92 Å². The van der Waals surface area contributed by atoms with Gasteiger partial charge in [-0.2, -0.15) is 10.2 Å². The Morgan fingerprint density at radius 1 is 1.18 bits per heavy atom. The highest BCUT2D eigenvalue weighted by Gasteiger charge is 2.35. The Kier molecular flexibility index (Phi) is 5.98. The summed E-state index contributed by atoms with van der Waals surface area (Å²) in [6.45, 7) is 6.44. The van der Waals surface area contributed by atoms with Crippen LogP contribution in [0.15, 0.2) is 40.2 Å². The Bertz CT molecular complexity index is 1520. The van der Waals surface area contributed by atoms with Crippen LogP contribution in [0.4, 0.5) is 4.39 Å². The minimum atomic E-state index is -1.78. The molecule has 3 heterocycles. The molecule has 0 aliphatic heterocycles. The number of thiophene rings is 1. The quantitative estimate of drug-likeness (QED) is 0.431. The van der Waals surface area contributed by atoms with Crippen LogP contribution in [0.25, 0.3) is 15.2 Å². The highest BCUT2D eigenvalue weighted by atomic mass is 32.1. The maximum Gasteiger partial charge on any atom is 0.333 e. The minimum absolute atomic E-state index is 0.133. The number of rotatable bonds is 7. The van der Waals surface area contributed by atoms with Crippen molar-refractivity contribution in [1.29, 1.82) is 0 Å². The van der Waals surface area contributed by atoms with Gasteiger partial charge >= 0.3 is 11.7 Å². The fourth-order valence-electron chi connectivity index (χ4n) is 4.04. The normalized spacial score (nSPS) is 11.9. The number of halogens is 1. The highest BCUT2D eigenvalue weighted by Crippen LogP contribution is 2.31. The summed E-state index contributed by atoms with van der Waals surface area (Å²) >= 11 is 1.18. The van der Waals surface area contributed by atoms with Gasteiger partial charge in [-0.05, 0) is 56.9 Å². The van der Waals surface area contributed by atoms with Crippen molar-refractivity contribution < 1.29 is 14.3 Å². The average molecular weight is 486 g/mol. The molecule has 1 aromatic carbocycles. The molecule has 0 amide bonds. The predicted molar refractivity (Wildman–Crippen MR) is 126 cm³/mol. The van der Waals surface area contributed by atoms with E-state index in [9.17, 15) is 23.9 Å². The smallest absolute Gasteiger partial charge is 0.333 e. The number of hydrogen-bond acceptors (Lipinski definition) is 6. The van der Waals surface area contributed by atoms with Gasteiger partial charge in [0.15, 0.2) is 0 Å². The molecule has 0 bridgehead atoms. The molecule has 0 saturated carbocycles. The van der Waals surface area contributed by atoms with Crippen LogP contribution in [0, 0.1) is 12.7 Å². The second-order valence-corrected chi connectivity index (χ2v) is 9.46. The van der Waals surface area contributed by atoms with Crippen LogP contribution in [0.2, 0.25) is 0 Å². The summed E-state index contributed by atoms with van der Waals surface area (Å²) in [7, 11) is 0. The second-order valence-electron chi connectivity index (χ2n) is 8.49. The Balaban J connectivity index is 1.99. The first-order valence-electron chi connectivity index (χ1n) is 10.7. The van der Waals surface area contributed by atoms with Crippen LogP contribution in [0.3, 0.4) is 0 Å². The van der Waals surface area contributed by atoms with E-state index in [4.69, 9.17) is 0 Å². The number of carboxylic acid groups (broad SMARTS) is 1. The molecule has 0 fully saturated rings. The summed E-state index contributed by atoms with van der Waals surface area (Å²) in [5.74, 6) is -1.68. The van der Waals surface area contributed by atoms with Crippen molar-refractivity contribution in [2.45, 2.75) is 52.6 Å². The van der Waals surface area contributed by atoms with Gasteiger partial charge in [0, 0.05) is 12.1 Å². The van der Waals surface area contributed by atoms with Crippen LogP contribution in [-0.2, 0) is 29.7 Å². The molecule has 0 atom stereocenters. The first-order valence-corrected chi connectivity index (χ1v) is 11.6. The molecule has 3 aromatic heterocycles. The van der Waals surface area contributed by atoms with Crippen molar-refractivity contribution in [3.63, 3.8) is 0 Å². The fourth-order valence-corrected chi connectivity index (χ4v) is 5.27. The van der Waals surface area contributed by atoms with Gasteiger partial charge in [-0.3, -0.25) is 9.36 Å². The molecule has 0 saturated heterocycles. The lowest BCUT2D eigenvalue weighted by atomic mass is 10.0. The summed E-state index contributed by atoms with van der Waals surface area (Å²) in [5.41, 5.74) is -0.953. The lowest BCUT2D eigenvalue weighted by Crippen LogP contribution is -2.52. The molecule has 34 heavy (non-hydrogen) atoms. The molecule has 0 aliphatic rings. The zero-order valence-electron chi connectivity index (χ0n) is 19.2. The summed E-state index contributed by atoms with van der Waals surface area (Å²) in [4.78, 5) is 40.8. The number of nitrogens with zero attached hydrogens (tertiary/aromatic N) is 5. The van der Waals surface area contributed by atoms with E-state index in [2.05, 4.69) is 10.2 Å². The van der Waals surface area contributed by atoms with Gasteiger partial charge < -0.3 is 5.11 Å². The average Bonchev–Trinajstić information content (AvgIpc) is 3.41. The predicted octanol–water partition coefficient (Wildman–Crippen LogP) is 2.88. The van der Waals surface area contributed by atoms with Crippen molar-refractivity contribution in [3.8, 4) is 5.00 Å². The lowest BCUT2D eigenvalue weighted by molar-refractivity contribution is -0.146. The molecule has 4 rings (SSSR count). The Morgan fingerprint density at radius 2 is 1.85 bits per heavy atom. The van der Waals surface area contributed by atoms with E-state index in [0.29, 0.717) is 28.2 Å². The summed E-state index contributed by atoms with van der Waals surface area (Å²) < 4.78 is 16.1. The van der Waals surface area contributed by atoms with Gasteiger partial charge in [0.25, 0.3) is 5.56 Å². The second kappa shape index (κ2) is 8.64. The number of fused-ring (bicyclic) bond motifs is 1. The first kappa shape index (κ1) is 23.6. The fraction of sp³-hybridized carbons (Fsp3) is 0.348. The van der Waals surface area contributed by atoms with Crippen molar-refractivity contribution in [2.75, 3.05) is 0 Å². The zero-order chi connectivity index (χ0) is 24.8. The molecule has 178 valence electrons. The molecule has 1 N–H and O–H groups in total. The number of carbonyl (C=O) groups is 1. The van der Waals surface area contributed by atoms with E-state index < -0.39 is 22.8 Å². The SMILES string of the molecule is CCc1ccc(F)cc1CCn1c(=O)n(C(C)(C)C(=O)O)c(=O)c2c(C)c(-n3nccn3)sc21. The summed E-state index contributed by atoms with van der Waals surface area (Å²) in [6.07, 6.45) is 4.02. The number of carboxylic acids is 1. The molecule has 0 unspecified atom stereocenters. The Labute approximate surface area is 197 Å². The third kappa shape index (κ3) is 3.75. The highest BCUT2D eigenvalue weighted by molar-refractivity contribution is 7.21. The van der Waals surface area contributed by atoms with Gasteiger partial charge in [-0.15, -0.1) is 4.80 Å². The number of hydrogen-bond donors (Lipinski definition) is 1. The van der Waals surface area contributed by atoms with Crippen LogP contribution in [0.1, 0.15) is 37.5 Å². The summed E-state index contributed by atoms with van der Waals surface area (Å²) in [6, 6.07) is 4.56. The zero-order valence-corrected chi connectivity index (χ0v) is 20.0. The van der Waals surface area contributed by atoms with Crippen LogP contribution in [-0.4, -0.2) is 35.2 Å². The lowest BCUT2D eigenvalue weighted by Gasteiger charge is -2.23. The van der Waals surface area contributed by atoms with Gasteiger partial charge in [0.1, 0.15) is 21.2 Å². The Morgan fingerprint density at radius 3 is 2.47 bits per heavy atom. The van der Waals surface area contributed by atoms with Crippen molar-refractivity contribution in [3.05, 3.63) is 73.9 Å². The molecule has 0 aliphatic carbocycles. The van der Waals surface area contributed by atoms with E-state index in [1.54, 1.807) is 13.0 Å². The van der Waals surface area contributed by atoms with Gasteiger partial charge in [0.05, 0.1) is 17.8 Å². The third-order valence-corrected chi connectivity index (χ3v) is 7.30. The van der Waals surface area contributed by atoms with Crippen LogP contribution >= 0.6 is 11.3 Å². The van der Waals surface area contributed by atoms with Crippen LogP contribution < -0.4 is 11.2 Å². The number of aliphatic carboxylic acids is 1. The first-order chi connectivity index (χ1) is 16.1. The molecule has 4 aromatic rings. The van der Waals surface area contributed by atoms with Gasteiger partial charge in [-0.25, -0.2) is 18.5 Å². The van der Waals surface area contributed by atoms with E-state index in [0.717, 1.165) is 15.7 Å². The maximum atomic E-state index is 13.9. The third-order valence-electron chi connectivity index (χ3n) is 6.02. The molecular formula is C23H24FN5O4S. The van der Waals surface area contributed by atoms with Gasteiger partial charge in [-0.1, -0.05) is 24.3 Å². The molecular weight excluding hydrogens is 461 g/mol. The Hall–Kier alpha value is -3.60. The molecule has 0 radical (unpaired) electrons. The monoisotopic (exact) mass is 485 g/mol. The van der Waals surface area contributed by atoms with E-state index >= 15 is 0 Å². The van der Waals surface area contributed by atoms with Crippen LogP contribution in [0.5, 0.6) is 0 Å². The minimum Gasteiger partial charge on any atom is -0.480 e. The number of aromatic nitrogens is 5. The number of aryl methyl sites for hydroxylation is 4. The maximum absolute atomic E-state index is 13.9.